The number of hydrogen-bond acceptors (Lipinski definition) is 7. The molecule has 1 N–H and O–H groups in total. The zero-order chi connectivity index (χ0) is 17.3. The van der Waals surface area contributed by atoms with Gasteiger partial charge in [0.05, 0.1) is 18.0 Å². The van der Waals surface area contributed by atoms with Crippen LogP contribution in [-0.2, 0) is 16.6 Å². The highest BCUT2D eigenvalue weighted by molar-refractivity contribution is 7.89. The van der Waals surface area contributed by atoms with E-state index in [0.29, 0.717) is 22.5 Å². The lowest BCUT2D eigenvalue weighted by atomic mass is 10.2. The maximum Gasteiger partial charge on any atom is 0.243 e. The highest BCUT2D eigenvalue weighted by Crippen LogP contribution is 2.22. The summed E-state index contributed by atoms with van der Waals surface area (Å²) in [7, 11) is -3.71. The van der Waals surface area contributed by atoms with Crippen molar-refractivity contribution in [3.8, 4) is 11.5 Å². The zero-order valence-electron chi connectivity index (χ0n) is 12.8. The molecule has 126 valence electrons. The molecule has 4 rings (SSSR count). The molecule has 25 heavy (non-hydrogen) atoms. The van der Waals surface area contributed by atoms with Gasteiger partial charge in [0.25, 0.3) is 0 Å². The number of aromatic nitrogens is 3. The van der Waals surface area contributed by atoms with Crippen LogP contribution in [0.25, 0.3) is 22.5 Å². The Morgan fingerprint density at radius 3 is 2.88 bits per heavy atom. The molecule has 0 saturated carbocycles. The Bertz CT molecular complexity index is 1120. The average Bonchev–Trinajstić information content (AvgIpc) is 3.31. The number of fused-ring (bicyclic) bond motifs is 1. The fraction of sp³-hybridized carbons (Fsp3) is 0.0625. The molecule has 3 aromatic heterocycles. The van der Waals surface area contributed by atoms with Gasteiger partial charge in [-0.2, -0.15) is 8.75 Å². The summed E-state index contributed by atoms with van der Waals surface area (Å²) in [5.41, 5.74) is 2.36. The predicted molar refractivity (Wildman–Crippen MR) is 93.4 cm³/mol. The number of hydrogen-bond donors (Lipinski definition) is 1. The first-order valence-corrected chi connectivity index (χ1v) is 9.54. The van der Waals surface area contributed by atoms with Gasteiger partial charge in [-0.1, -0.05) is 6.07 Å². The minimum atomic E-state index is -3.71. The Balaban J connectivity index is 1.59. The maximum absolute atomic E-state index is 12.6. The smallest absolute Gasteiger partial charge is 0.243 e. The number of sulfonamides is 1. The molecule has 0 radical (unpaired) electrons. The van der Waals surface area contributed by atoms with E-state index in [0.717, 1.165) is 17.3 Å². The lowest BCUT2D eigenvalue weighted by molar-refractivity contribution is 0.579. The van der Waals surface area contributed by atoms with Crippen LogP contribution in [0.5, 0.6) is 0 Å². The van der Waals surface area contributed by atoms with E-state index in [2.05, 4.69) is 18.5 Å². The summed E-state index contributed by atoms with van der Waals surface area (Å²) in [5, 5.41) is 0. The van der Waals surface area contributed by atoms with Crippen molar-refractivity contribution in [3.63, 3.8) is 0 Å². The molecule has 0 fully saturated rings. The van der Waals surface area contributed by atoms with Crippen LogP contribution in [0.3, 0.4) is 0 Å². The van der Waals surface area contributed by atoms with E-state index < -0.39 is 10.0 Å². The molecule has 0 aliphatic heterocycles. The number of benzene rings is 1. The Morgan fingerprint density at radius 1 is 1.12 bits per heavy atom. The first-order chi connectivity index (χ1) is 12.1. The first-order valence-electron chi connectivity index (χ1n) is 7.33. The summed E-state index contributed by atoms with van der Waals surface area (Å²) in [6.07, 6.45) is 3.18. The predicted octanol–water partition coefficient (Wildman–Crippen LogP) is 2.82. The molecule has 0 aliphatic rings. The highest BCUT2D eigenvalue weighted by atomic mass is 32.2. The van der Waals surface area contributed by atoms with E-state index in [-0.39, 0.29) is 11.4 Å². The fourth-order valence-electron chi connectivity index (χ4n) is 2.40. The largest absolute Gasteiger partial charge is 0.463 e. The van der Waals surface area contributed by atoms with Crippen molar-refractivity contribution in [3.05, 3.63) is 60.5 Å². The molecule has 1 aromatic carbocycles. The van der Waals surface area contributed by atoms with Crippen LogP contribution in [0.15, 0.2) is 64.2 Å². The molecule has 0 unspecified atom stereocenters. The Kier molecular flexibility index (Phi) is 4.04. The summed E-state index contributed by atoms with van der Waals surface area (Å²) in [4.78, 5) is 4.35. The van der Waals surface area contributed by atoms with Crippen molar-refractivity contribution in [1.82, 2.24) is 18.5 Å². The first kappa shape index (κ1) is 15.9. The number of pyridine rings is 1. The van der Waals surface area contributed by atoms with Crippen molar-refractivity contribution in [2.24, 2.45) is 0 Å². The average molecular weight is 372 g/mol. The normalized spacial score (nSPS) is 11.8. The molecule has 7 nitrogen and oxygen atoms in total. The molecule has 0 amide bonds. The SMILES string of the molecule is O=S(=O)(NCc1ccnc(-c2ccco2)c1)c1cccc2nsnc12. The number of furan rings is 1. The Morgan fingerprint density at radius 2 is 2.04 bits per heavy atom. The molecule has 0 aliphatic carbocycles. The second-order valence-corrected chi connectivity index (χ2v) is 7.50. The summed E-state index contributed by atoms with van der Waals surface area (Å²) < 4.78 is 41.3. The van der Waals surface area contributed by atoms with Gasteiger partial charge in [0.1, 0.15) is 21.6 Å². The van der Waals surface area contributed by atoms with Crippen molar-refractivity contribution >= 4 is 32.8 Å². The third-order valence-electron chi connectivity index (χ3n) is 3.60. The van der Waals surface area contributed by atoms with Crippen molar-refractivity contribution in [1.29, 1.82) is 0 Å². The summed E-state index contributed by atoms with van der Waals surface area (Å²) in [6, 6.07) is 12.0. The van der Waals surface area contributed by atoms with E-state index in [9.17, 15) is 8.42 Å². The van der Waals surface area contributed by atoms with E-state index in [1.165, 1.54) is 6.07 Å². The maximum atomic E-state index is 12.6. The molecular weight excluding hydrogens is 360 g/mol. The van der Waals surface area contributed by atoms with E-state index in [1.807, 2.05) is 0 Å². The fourth-order valence-corrected chi connectivity index (χ4v) is 4.18. The topological polar surface area (TPSA) is 98.0 Å². The van der Waals surface area contributed by atoms with Crippen LogP contribution in [0, 0.1) is 0 Å². The van der Waals surface area contributed by atoms with Crippen LogP contribution in [0.4, 0.5) is 0 Å². The van der Waals surface area contributed by atoms with Crippen LogP contribution in [0.2, 0.25) is 0 Å². The quantitative estimate of drug-likeness (QED) is 0.578. The van der Waals surface area contributed by atoms with Gasteiger partial charge in [-0.3, -0.25) is 4.98 Å². The molecule has 3 heterocycles. The minimum Gasteiger partial charge on any atom is -0.463 e. The molecule has 0 spiro atoms. The van der Waals surface area contributed by atoms with Crippen molar-refractivity contribution in [2.45, 2.75) is 11.4 Å². The molecule has 4 aromatic rings. The van der Waals surface area contributed by atoms with Gasteiger partial charge >= 0.3 is 0 Å². The molecular formula is C16H12N4O3S2. The lowest BCUT2D eigenvalue weighted by Gasteiger charge is -2.08. The third-order valence-corrected chi connectivity index (χ3v) is 5.58. The van der Waals surface area contributed by atoms with Gasteiger partial charge in [0.2, 0.25) is 10.0 Å². The Labute approximate surface area is 147 Å². The monoisotopic (exact) mass is 372 g/mol. The van der Waals surface area contributed by atoms with Crippen LogP contribution in [-0.4, -0.2) is 22.1 Å². The van der Waals surface area contributed by atoms with E-state index in [1.54, 1.807) is 48.9 Å². The third kappa shape index (κ3) is 3.16. The van der Waals surface area contributed by atoms with Crippen LogP contribution >= 0.6 is 11.7 Å². The van der Waals surface area contributed by atoms with Gasteiger partial charge in [0, 0.05) is 12.7 Å². The van der Waals surface area contributed by atoms with Gasteiger partial charge in [-0.25, -0.2) is 13.1 Å². The number of nitrogens with zero attached hydrogens (tertiary/aromatic N) is 3. The van der Waals surface area contributed by atoms with Gasteiger partial charge < -0.3 is 4.42 Å². The molecule has 0 saturated heterocycles. The summed E-state index contributed by atoms with van der Waals surface area (Å²) in [6.45, 7) is 0.131. The summed E-state index contributed by atoms with van der Waals surface area (Å²) >= 11 is 0.987. The van der Waals surface area contributed by atoms with Crippen LogP contribution < -0.4 is 4.72 Å². The Hall–Kier alpha value is -2.62. The van der Waals surface area contributed by atoms with E-state index in [4.69, 9.17) is 4.42 Å². The molecule has 9 heteroatoms. The van der Waals surface area contributed by atoms with Crippen LogP contribution in [0.1, 0.15) is 5.56 Å². The van der Waals surface area contributed by atoms with Gasteiger partial charge in [0.15, 0.2) is 5.76 Å². The van der Waals surface area contributed by atoms with Gasteiger partial charge in [-0.05, 0) is 42.0 Å². The second-order valence-electron chi connectivity index (χ2n) is 5.24. The van der Waals surface area contributed by atoms with Crippen molar-refractivity contribution < 1.29 is 12.8 Å². The standard InChI is InChI=1S/C16H12N4O3S2/c21-25(22,15-5-1-3-12-16(15)20-24-19-12)18-10-11-6-7-17-13(9-11)14-4-2-8-23-14/h1-9,18H,10H2. The summed E-state index contributed by atoms with van der Waals surface area (Å²) in [5.74, 6) is 0.628. The van der Waals surface area contributed by atoms with Gasteiger partial charge in [-0.15, -0.1) is 0 Å². The molecule has 0 atom stereocenters. The number of nitrogens with one attached hydrogen (secondary N) is 1. The second kappa shape index (κ2) is 6.36. The minimum absolute atomic E-state index is 0.124. The lowest BCUT2D eigenvalue weighted by Crippen LogP contribution is -2.23. The van der Waals surface area contributed by atoms with Crippen molar-refractivity contribution in [2.75, 3.05) is 0 Å². The number of rotatable bonds is 5. The molecule has 0 bridgehead atoms. The highest BCUT2D eigenvalue weighted by Gasteiger charge is 2.19. The van der Waals surface area contributed by atoms with E-state index >= 15 is 0 Å². The zero-order valence-corrected chi connectivity index (χ0v) is 14.4.